The molecule has 42 valence electrons. The van der Waals surface area contributed by atoms with Crippen molar-refractivity contribution in [3.8, 4) is 0 Å². The Balaban J connectivity index is 2.39. The zero-order valence-electron chi connectivity index (χ0n) is 4.64. The number of hydrogen-bond donors (Lipinski definition) is 1. The van der Waals surface area contributed by atoms with Crippen LogP contribution in [0, 0.1) is 0 Å². The molecule has 2 nitrogen and oxygen atoms in total. The fourth-order valence-corrected chi connectivity index (χ4v) is 0.355. The molecule has 0 aromatic heterocycles. The summed E-state index contributed by atoms with van der Waals surface area (Å²) in [4.78, 5) is 0. The molecule has 1 heterocycles. The molecule has 2 atom stereocenters. The summed E-state index contributed by atoms with van der Waals surface area (Å²) >= 11 is 0. The molecular formula is C5H10O2. The van der Waals surface area contributed by atoms with Crippen LogP contribution < -0.4 is 0 Å². The zero-order chi connectivity index (χ0) is 5.49. The lowest BCUT2D eigenvalue weighted by Crippen LogP contribution is -2.21. The van der Waals surface area contributed by atoms with Crippen molar-refractivity contribution in [2.45, 2.75) is 25.6 Å². The van der Waals surface area contributed by atoms with Gasteiger partial charge in [-0.3, -0.25) is 0 Å². The minimum atomic E-state index is -0.313. The van der Waals surface area contributed by atoms with Crippen molar-refractivity contribution in [3.63, 3.8) is 0 Å². The van der Waals surface area contributed by atoms with E-state index < -0.39 is 0 Å². The van der Waals surface area contributed by atoms with Crippen molar-refractivity contribution < 1.29 is 9.84 Å². The average molecular weight is 102 g/mol. The van der Waals surface area contributed by atoms with Crippen LogP contribution in [0.5, 0.6) is 0 Å². The van der Waals surface area contributed by atoms with Crippen LogP contribution in [-0.2, 0) is 4.74 Å². The summed E-state index contributed by atoms with van der Waals surface area (Å²) in [6.45, 7) is 4.36. The van der Waals surface area contributed by atoms with E-state index in [9.17, 15) is 0 Å². The molecule has 0 aliphatic carbocycles. The summed E-state index contributed by atoms with van der Waals surface area (Å²) < 4.78 is 4.91. The van der Waals surface area contributed by atoms with Gasteiger partial charge in [-0.2, -0.15) is 0 Å². The third-order valence-electron chi connectivity index (χ3n) is 1.48. The largest absolute Gasteiger partial charge is 0.390 e. The first-order valence-electron chi connectivity index (χ1n) is 2.47. The van der Waals surface area contributed by atoms with Crippen molar-refractivity contribution >= 4 is 0 Å². The van der Waals surface area contributed by atoms with E-state index in [2.05, 4.69) is 0 Å². The SMILES string of the molecule is C[C@H](O)[C@]1(C)CO1. The van der Waals surface area contributed by atoms with Gasteiger partial charge in [-0.1, -0.05) is 0 Å². The molecule has 0 unspecified atom stereocenters. The molecule has 2 heteroatoms. The van der Waals surface area contributed by atoms with Crippen molar-refractivity contribution in [1.82, 2.24) is 0 Å². The summed E-state index contributed by atoms with van der Waals surface area (Å²) in [5.74, 6) is 0. The second-order valence-electron chi connectivity index (χ2n) is 2.28. The third kappa shape index (κ3) is 0.763. The smallest absolute Gasteiger partial charge is 0.114 e. The van der Waals surface area contributed by atoms with Gasteiger partial charge in [0.05, 0.1) is 12.7 Å². The van der Waals surface area contributed by atoms with E-state index in [0.717, 1.165) is 0 Å². The van der Waals surface area contributed by atoms with E-state index in [1.807, 2.05) is 6.92 Å². The third-order valence-corrected chi connectivity index (χ3v) is 1.48. The Labute approximate surface area is 43.1 Å². The van der Waals surface area contributed by atoms with Gasteiger partial charge in [-0.15, -0.1) is 0 Å². The molecule has 0 aromatic rings. The minimum absolute atomic E-state index is 0.194. The second-order valence-corrected chi connectivity index (χ2v) is 2.28. The Bertz CT molecular complexity index is 74.1. The van der Waals surface area contributed by atoms with E-state index in [0.29, 0.717) is 6.61 Å². The van der Waals surface area contributed by atoms with Crippen LogP contribution in [0.4, 0.5) is 0 Å². The molecule has 0 amide bonds. The molecule has 7 heavy (non-hydrogen) atoms. The van der Waals surface area contributed by atoms with Crippen LogP contribution in [0.3, 0.4) is 0 Å². The lowest BCUT2D eigenvalue weighted by atomic mass is 10.1. The van der Waals surface area contributed by atoms with E-state index >= 15 is 0 Å². The first kappa shape index (κ1) is 5.06. The molecule has 1 aliphatic rings. The predicted octanol–water partition coefficient (Wildman–Crippen LogP) is 0.156. The van der Waals surface area contributed by atoms with E-state index in [1.54, 1.807) is 6.92 Å². The van der Waals surface area contributed by atoms with Crippen LogP contribution in [0.2, 0.25) is 0 Å². The summed E-state index contributed by atoms with van der Waals surface area (Å²) in [6, 6.07) is 0. The van der Waals surface area contributed by atoms with Crippen LogP contribution >= 0.6 is 0 Å². The van der Waals surface area contributed by atoms with Gasteiger partial charge in [0.2, 0.25) is 0 Å². The molecule has 0 spiro atoms. The molecular weight excluding hydrogens is 92.1 g/mol. The number of ether oxygens (including phenoxy) is 1. The number of aliphatic hydroxyl groups is 1. The van der Waals surface area contributed by atoms with Crippen LogP contribution in [0.1, 0.15) is 13.8 Å². The van der Waals surface area contributed by atoms with Gasteiger partial charge in [-0.25, -0.2) is 0 Å². The van der Waals surface area contributed by atoms with Crippen LogP contribution in [-0.4, -0.2) is 23.4 Å². The number of rotatable bonds is 1. The van der Waals surface area contributed by atoms with Gasteiger partial charge in [0.15, 0.2) is 0 Å². The Hall–Kier alpha value is -0.0800. The van der Waals surface area contributed by atoms with Gasteiger partial charge in [0.25, 0.3) is 0 Å². The Kier molecular flexibility index (Phi) is 0.869. The predicted molar refractivity (Wildman–Crippen MR) is 26.0 cm³/mol. The van der Waals surface area contributed by atoms with Crippen molar-refractivity contribution in [2.24, 2.45) is 0 Å². The maximum atomic E-state index is 8.83. The molecule has 0 aromatic carbocycles. The highest BCUT2D eigenvalue weighted by molar-refractivity contribution is 4.91. The van der Waals surface area contributed by atoms with Crippen LogP contribution in [0.15, 0.2) is 0 Å². The Morgan fingerprint density at radius 2 is 2.29 bits per heavy atom. The molecule has 0 radical (unpaired) electrons. The summed E-state index contributed by atoms with van der Waals surface area (Å²) in [6.07, 6.45) is -0.313. The van der Waals surface area contributed by atoms with Crippen molar-refractivity contribution in [1.29, 1.82) is 0 Å². The number of epoxide rings is 1. The van der Waals surface area contributed by atoms with Crippen molar-refractivity contribution in [3.05, 3.63) is 0 Å². The highest BCUT2D eigenvalue weighted by atomic mass is 16.6. The highest BCUT2D eigenvalue weighted by Gasteiger charge is 2.43. The highest BCUT2D eigenvalue weighted by Crippen LogP contribution is 2.29. The first-order valence-corrected chi connectivity index (χ1v) is 2.47. The monoisotopic (exact) mass is 102 g/mol. The topological polar surface area (TPSA) is 32.8 Å². The standard InChI is InChI=1S/C5H10O2/c1-4(6)5(2)3-7-5/h4,6H,3H2,1-2H3/t4-,5-/m0/s1. The molecule has 0 saturated carbocycles. The Morgan fingerprint density at radius 3 is 2.29 bits per heavy atom. The van der Waals surface area contributed by atoms with Gasteiger partial charge >= 0.3 is 0 Å². The fourth-order valence-electron chi connectivity index (χ4n) is 0.355. The van der Waals surface area contributed by atoms with E-state index in [1.165, 1.54) is 0 Å². The lowest BCUT2D eigenvalue weighted by Gasteiger charge is -2.05. The van der Waals surface area contributed by atoms with E-state index in [4.69, 9.17) is 9.84 Å². The summed E-state index contributed by atoms with van der Waals surface area (Å²) in [7, 11) is 0. The maximum absolute atomic E-state index is 8.83. The van der Waals surface area contributed by atoms with Gasteiger partial charge in [0, 0.05) is 0 Å². The molecule has 1 saturated heterocycles. The summed E-state index contributed by atoms with van der Waals surface area (Å²) in [5, 5.41) is 8.83. The first-order chi connectivity index (χ1) is 3.15. The zero-order valence-corrected chi connectivity index (χ0v) is 4.64. The molecule has 1 fully saturated rings. The minimum Gasteiger partial charge on any atom is -0.390 e. The number of hydrogen-bond acceptors (Lipinski definition) is 2. The average Bonchev–Trinajstić information content (AvgIpc) is 2.21. The quantitative estimate of drug-likeness (QED) is 0.478. The van der Waals surface area contributed by atoms with Gasteiger partial charge in [-0.05, 0) is 13.8 Å². The maximum Gasteiger partial charge on any atom is 0.114 e. The van der Waals surface area contributed by atoms with Gasteiger partial charge in [0.1, 0.15) is 5.60 Å². The van der Waals surface area contributed by atoms with Crippen LogP contribution in [0.25, 0.3) is 0 Å². The van der Waals surface area contributed by atoms with E-state index in [-0.39, 0.29) is 11.7 Å². The lowest BCUT2D eigenvalue weighted by molar-refractivity contribution is 0.101. The molecule has 1 rings (SSSR count). The molecule has 0 bridgehead atoms. The Morgan fingerprint density at radius 1 is 1.86 bits per heavy atom. The van der Waals surface area contributed by atoms with Crippen molar-refractivity contribution in [2.75, 3.05) is 6.61 Å². The second kappa shape index (κ2) is 1.20. The fraction of sp³-hybridized carbons (Fsp3) is 1.00. The number of aliphatic hydroxyl groups excluding tert-OH is 1. The normalized spacial score (nSPS) is 43.3. The molecule has 1 N–H and O–H groups in total. The molecule has 1 aliphatic heterocycles. The van der Waals surface area contributed by atoms with Gasteiger partial charge < -0.3 is 9.84 Å². The summed E-state index contributed by atoms with van der Waals surface area (Å²) in [5.41, 5.74) is -0.194.